The molecule has 1 aliphatic heterocycles. The predicted molar refractivity (Wildman–Crippen MR) is 89.4 cm³/mol. The van der Waals surface area contributed by atoms with Gasteiger partial charge >= 0.3 is 0 Å². The Labute approximate surface area is 137 Å². The molecule has 2 aromatic rings. The fourth-order valence-electron chi connectivity index (χ4n) is 2.48. The fraction of sp³-hybridized carbons (Fsp3) is 0.286. The van der Waals surface area contributed by atoms with Gasteiger partial charge in [-0.05, 0) is 40.5 Å². The number of anilines is 1. The summed E-state index contributed by atoms with van der Waals surface area (Å²) in [7, 11) is -3.53. The van der Waals surface area contributed by atoms with E-state index in [4.69, 9.17) is 0 Å². The van der Waals surface area contributed by atoms with E-state index in [9.17, 15) is 8.42 Å². The quantitative estimate of drug-likeness (QED) is 0.862. The molecule has 1 aromatic heterocycles. The monoisotopic (exact) mass is 386 g/mol. The van der Waals surface area contributed by atoms with Crippen LogP contribution in [0.4, 0.5) is 5.69 Å². The number of hydrogen-bond acceptors (Lipinski definition) is 4. The summed E-state index contributed by atoms with van der Waals surface area (Å²) >= 11 is 4.81. The van der Waals surface area contributed by atoms with E-state index in [1.54, 1.807) is 6.07 Å². The van der Waals surface area contributed by atoms with Crippen molar-refractivity contribution in [2.75, 3.05) is 17.4 Å². The number of hydrogen-bond donors (Lipinski definition) is 1. The van der Waals surface area contributed by atoms with Crippen molar-refractivity contribution >= 4 is 43.0 Å². The minimum atomic E-state index is -3.53. The summed E-state index contributed by atoms with van der Waals surface area (Å²) in [5.74, 6) is 0. The van der Waals surface area contributed by atoms with Crippen LogP contribution in [-0.2, 0) is 16.6 Å². The van der Waals surface area contributed by atoms with Crippen LogP contribution in [0, 0.1) is 6.92 Å². The third-order valence-corrected chi connectivity index (χ3v) is 7.10. The van der Waals surface area contributed by atoms with Crippen LogP contribution in [0.3, 0.4) is 0 Å². The minimum Gasteiger partial charge on any atom is -0.311 e. The summed E-state index contributed by atoms with van der Waals surface area (Å²) in [6.07, 6.45) is 0. The molecule has 3 rings (SSSR count). The molecule has 0 bridgehead atoms. The van der Waals surface area contributed by atoms with Crippen molar-refractivity contribution in [3.8, 4) is 0 Å². The van der Waals surface area contributed by atoms with Gasteiger partial charge in [-0.15, -0.1) is 11.3 Å². The van der Waals surface area contributed by atoms with Crippen molar-refractivity contribution in [2.24, 2.45) is 0 Å². The summed E-state index contributed by atoms with van der Waals surface area (Å²) in [5, 5.41) is 3.26. The smallest absolute Gasteiger partial charge is 0.265 e. The zero-order valence-corrected chi connectivity index (χ0v) is 14.7. The second-order valence-electron chi connectivity index (χ2n) is 4.85. The Balaban J connectivity index is 2.13. The number of rotatable bonds is 2. The van der Waals surface area contributed by atoms with Crippen LogP contribution in [-0.4, -0.2) is 21.5 Å². The van der Waals surface area contributed by atoms with E-state index in [1.807, 2.05) is 31.2 Å². The van der Waals surface area contributed by atoms with Gasteiger partial charge in [0.2, 0.25) is 0 Å². The third-order valence-electron chi connectivity index (χ3n) is 3.48. The first-order chi connectivity index (χ1) is 10.00. The Kier molecular flexibility index (Phi) is 4.09. The normalized spacial score (nSPS) is 15.6. The molecule has 0 saturated heterocycles. The summed E-state index contributed by atoms with van der Waals surface area (Å²) < 4.78 is 28.4. The molecule has 0 atom stereocenters. The lowest BCUT2D eigenvalue weighted by atomic mass is 10.2. The van der Waals surface area contributed by atoms with E-state index < -0.39 is 10.0 Å². The van der Waals surface area contributed by atoms with Gasteiger partial charge in [-0.1, -0.05) is 18.2 Å². The fourth-order valence-corrected chi connectivity index (χ4v) is 6.37. The van der Waals surface area contributed by atoms with E-state index in [1.165, 1.54) is 15.6 Å². The molecule has 1 N–H and O–H groups in total. The number of fused-ring (bicyclic) bond motifs is 1. The van der Waals surface area contributed by atoms with Crippen molar-refractivity contribution in [3.63, 3.8) is 0 Å². The van der Waals surface area contributed by atoms with Crippen LogP contribution in [0.25, 0.3) is 0 Å². The van der Waals surface area contributed by atoms with E-state index in [0.29, 0.717) is 24.5 Å². The lowest BCUT2D eigenvalue weighted by Crippen LogP contribution is -2.34. The van der Waals surface area contributed by atoms with Gasteiger partial charge in [0.15, 0.2) is 0 Å². The molecule has 0 fully saturated rings. The molecule has 0 saturated carbocycles. The van der Waals surface area contributed by atoms with Gasteiger partial charge in [0.05, 0.1) is 9.47 Å². The SMILES string of the molecule is Cc1sc(Br)cc1S(=O)(=O)N1CCNCc2ccccc21. The highest BCUT2D eigenvalue weighted by molar-refractivity contribution is 9.11. The first kappa shape index (κ1) is 15.0. The molecule has 0 spiro atoms. The van der Waals surface area contributed by atoms with Crippen molar-refractivity contribution in [1.29, 1.82) is 0 Å². The topological polar surface area (TPSA) is 49.4 Å². The molecular weight excluding hydrogens is 372 g/mol. The zero-order chi connectivity index (χ0) is 15.0. The molecule has 0 aliphatic carbocycles. The highest BCUT2D eigenvalue weighted by atomic mass is 79.9. The average molecular weight is 387 g/mol. The van der Waals surface area contributed by atoms with Crippen LogP contribution in [0.15, 0.2) is 39.0 Å². The van der Waals surface area contributed by atoms with E-state index >= 15 is 0 Å². The molecule has 21 heavy (non-hydrogen) atoms. The third kappa shape index (κ3) is 2.75. The highest BCUT2D eigenvalue weighted by Gasteiger charge is 2.30. The Morgan fingerprint density at radius 1 is 1.33 bits per heavy atom. The molecule has 112 valence electrons. The number of thiophene rings is 1. The summed E-state index contributed by atoms with van der Waals surface area (Å²) in [6.45, 7) is 3.60. The average Bonchev–Trinajstić information content (AvgIpc) is 2.68. The van der Waals surface area contributed by atoms with Crippen LogP contribution in [0.1, 0.15) is 10.4 Å². The molecule has 1 aliphatic rings. The maximum Gasteiger partial charge on any atom is 0.265 e. The lowest BCUT2D eigenvalue weighted by molar-refractivity contribution is 0.589. The molecule has 0 amide bonds. The zero-order valence-electron chi connectivity index (χ0n) is 11.5. The Morgan fingerprint density at radius 2 is 2.10 bits per heavy atom. The summed E-state index contributed by atoms with van der Waals surface area (Å²) in [4.78, 5) is 1.19. The number of nitrogens with zero attached hydrogens (tertiary/aromatic N) is 1. The van der Waals surface area contributed by atoms with Crippen LogP contribution in [0.2, 0.25) is 0 Å². The largest absolute Gasteiger partial charge is 0.311 e. The van der Waals surface area contributed by atoms with Gasteiger partial charge in [0.1, 0.15) is 4.90 Å². The molecule has 4 nitrogen and oxygen atoms in total. The van der Waals surface area contributed by atoms with E-state index in [0.717, 1.165) is 19.9 Å². The molecule has 1 aromatic carbocycles. The van der Waals surface area contributed by atoms with Gasteiger partial charge in [-0.25, -0.2) is 8.42 Å². The Hall–Kier alpha value is -0.890. The van der Waals surface area contributed by atoms with Crippen molar-refractivity contribution in [2.45, 2.75) is 18.4 Å². The molecule has 2 heterocycles. The Morgan fingerprint density at radius 3 is 2.81 bits per heavy atom. The number of benzene rings is 1. The van der Waals surface area contributed by atoms with E-state index in [2.05, 4.69) is 21.2 Å². The molecule has 0 radical (unpaired) electrons. The number of sulfonamides is 1. The van der Waals surface area contributed by atoms with Crippen molar-refractivity contribution in [1.82, 2.24) is 5.32 Å². The number of para-hydroxylation sites is 1. The summed E-state index contributed by atoms with van der Waals surface area (Å²) in [5.41, 5.74) is 1.77. The van der Waals surface area contributed by atoms with Gasteiger partial charge in [0, 0.05) is 24.5 Å². The number of nitrogens with one attached hydrogen (secondary N) is 1. The van der Waals surface area contributed by atoms with Crippen LogP contribution >= 0.6 is 27.3 Å². The number of halogens is 1. The molecular formula is C14H15BrN2O2S2. The predicted octanol–water partition coefficient (Wildman–Crippen LogP) is 3.12. The second kappa shape index (κ2) is 5.72. The van der Waals surface area contributed by atoms with Gasteiger partial charge < -0.3 is 5.32 Å². The van der Waals surface area contributed by atoms with Gasteiger partial charge in [0.25, 0.3) is 10.0 Å². The summed E-state index contributed by atoms with van der Waals surface area (Å²) in [6, 6.07) is 9.34. The first-order valence-electron chi connectivity index (χ1n) is 6.57. The Bertz CT molecular complexity index is 771. The maximum atomic E-state index is 13.0. The van der Waals surface area contributed by atoms with Gasteiger partial charge in [-0.2, -0.15) is 0 Å². The minimum absolute atomic E-state index is 0.385. The second-order valence-corrected chi connectivity index (χ2v) is 9.32. The highest BCUT2D eigenvalue weighted by Crippen LogP contribution is 2.34. The van der Waals surface area contributed by atoms with Crippen LogP contribution < -0.4 is 9.62 Å². The van der Waals surface area contributed by atoms with Gasteiger partial charge in [-0.3, -0.25) is 4.31 Å². The lowest BCUT2D eigenvalue weighted by Gasteiger charge is -2.24. The molecule has 0 unspecified atom stereocenters. The van der Waals surface area contributed by atoms with Crippen molar-refractivity contribution in [3.05, 3.63) is 44.6 Å². The van der Waals surface area contributed by atoms with Crippen molar-refractivity contribution < 1.29 is 8.42 Å². The first-order valence-corrected chi connectivity index (χ1v) is 9.62. The molecule has 7 heteroatoms. The van der Waals surface area contributed by atoms with E-state index in [-0.39, 0.29) is 0 Å². The number of aryl methyl sites for hydroxylation is 1. The standard InChI is InChI=1S/C14H15BrN2O2S2/c1-10-13(8-14(15)20-10)21(18,19)17-7-6-16-9-11-4-2-3-5-12(11)17/h2-5,8,16H,6-7,9H2,1H3. The van der Waals surface area contributed by atoms with Crippen LogP contribution in [0.5, 0.6) is 0 Å². The maximum absolute atomic E-state index is 13.0.